The molecule has 0 aromatic rings. The fraction of sp³-hybridized carbons (Fsp3) is 0.900. The number of aliphatic hydroxyl groups is 2. The number of rotatable bonds is 5. The monoisotopic (exact) mass is 217 g/mol. The lowest BCUT2D eigenvalue weighted by atomic mass is 10.0. The molecule has 1 heterocycles. The van der Waals surface area contributed by atoms with Crippen LogP contribution in [-0.4, -0.2) is 60.0 Å². The maximum atomic E-state index is 12.0. The van der Waals surface area contributed by atoms with Crippen molar-refractivity contribution < 1.29 is 19.7 Å². The summed E-state index contributed by atoms with van der Waals surface area (Å²) in [4.78, 5) is 13.5. The van der Waals surface area contributed by atoms with Crippen molar-refractivity contribution >= 4 is 5.91 Å². The molecule has 88 valence electrons. The molecule has 1 fully saturated rings. The number of ether oxygens (including phenoxy) is 1. The van der Waals surface area contributed by atoms with Crippen LogP contribution in [0, 0.1) is 5.92 Å². The highest BCUT2D eigenvalue weighted by Gasteiger charge is 2.33. The van der Waals surface area contributed by atoms with Crippen LogP contribution < -0.4 is 0 Å². The van der Waals surface area contributed by atoms with Gasteiger partial charge < -0.3 is 19.8 Å². The molecular formula is C10H19NO4. The molecule has 0 radical (unpaired) electrons. The average molecular weight is 217 g/mol. The van der Waals surface area contributed by atoms with Crippen LogP contribution in [0.2, 0.25) is 0 Å². The van der Waals surface area contributed by atoms with Crippen molar-refractivity contribution in [3.63, 3.8) is 0 Å². The van der Waals surface area contributed by atoms with Gasteiger partial charge in [0.1, 0.15) is 0 Å². The zero-order chi connectivity index (χ0) is 11.3. The lowest BCUT2D eigenvalue weighted by Gasteiger charge is -2.25. The molecule has 0 aliphatic carbocycles. The number of carbonyl (C=O) groups is 1. The van der Waals surface area contributed by atoms with Gasteiger partial charge in [-0.1, -0.05) is 0 Å². The fourth-order valence-corrected chi connectivity index (χ4v) is 1.86. The highest BCUT2D eigenvalue weighted by molar-refractivity contribution is 5.79. The molecule has 2 N–H and O–H groups in total. The Morgan fingerprint density at radius 2 is 2.00 bits per heavy atom. The minimum atomic E-state index is -0.122. The van der Waals surface area contributed by atoms with E-state index in [-0.39, 0.29) is 44.2 Å². The molecule has 2 unspecified atom stereocenters. The van der Waals surface area contributed by atoms with E-state index in [1.165, 1.54) is 4.90 Å². The molecule has 5 heteroatoms. The van der Waals surface area contributed by atoms with Crippen molar-refractivity contribution in [1.82, 2.24) is 4.90 Å². The van der Waals surface area contributed by atoms with Gasteiger partial charge in [0.2, 0.25) is 5.91 Å². The van der Waals surface area contributed by atoms with E-state index in [9.17, 15) is 4.79 Å². The Morgan fingerprint density at radius 3 is 2.40 bits per heavy atom. The van der Waals surface area contributed by atoms with Gasteiger partial charge in [-0.05, 0) is 13.3 Å². The van der Waals surface area contributed by atoms with E-state index < -0.39 is 0 Å². The number of carbonyl (C=O) groups excluding carboxylic acids is 1. The second kappa shape index (κ2) is 6.05. The van der Waals surface area contributed by atoms with Crippen LogP contribution in [0.3, 0.4) is 0 Å². The van der Waals surface area contributed by atoms with Gasteiger partial charge in [0.25, 0.3) is 0 Å². The summed E-state index contributed by atoms with van der Waals surface area (Å²) in [5, 5.41) is 17.6. The molecule has 1 saturated heterocycles. The minimum absolute atomic E-state index is 0.0249. The van der Waals surface area contributed by atoms with E-state index in [1.807, 2.05) is 6.92 Å². The molecule has 2 atom stereocenters. The first-order chi connectivity index (χ1) is 7.20. The second-order valence-corrected chi connectivity index (χ2v) is 3.74. The first-order valence-corrected chi connectivity index (χ1v) is 5.32. The van der Waals surface area contributed by atoms with Crippen molar-refractivity contribution in [2.24, 2.45) is 5.92 Å². The maximum Gasteiger partial charge on any atom is 0.228 e. The summed E-state index contributed by atoms with van der Waals surface area (Å²) in [5.41, 5.74) is 0. The van der Waals surface area contributed by atoms with Crippen molar-refractivity contribution in [2.75, 3.05) is 32.9 Å². The van der Waals surface area contributed by atoms with E-state index in [2.05, 4.69) is 0 Å². The predicted octanol–water partition coefficient (Wildman–Crippen LogP) is -0.775. The number of hydrogen-bond acceptors (Lipinski definition) is 4. The van der Waals surface area contributed by atoms with E-state index in [1.54, 1.807) is 0 Å². The Balaban J connectivity index is 2.54. The third-order valence-corrected chi connectivity index (χ3v) is 2.74. The Kier molecular flexibility index (Phi) is 5.01. The number of amides is 1. The standard InChI is InChI=1S/C10H19NO4/c1-8-9(2-7-15-8)10(14)11(3-5-12)4-6-13/h8-9,12-13H,2-7H2,1H3. The Hall–Kier alpha value is -0.650. The van der Waals surface area contributed by atoms with Gasteiger partial charge in [0, 0.05) is 19.7 Å². The van der Waals surface area contributed by atoms with E-state index in [0.717, 1.165) is 6.42 Å². The topological polar surface area (TPSA) is 70.0 Å². The highest BCUT2D eigenvalue weighted by Crippen LogP contribution is 2.22. The largest absolute Gasteiger partial charge is 0.395 e. The van der Waals surface area contributed by atoms with Gasteiger partial charge in [-0.2, -0.15) is 0 Å². The molecule has 0 spiro atoms. The second-order valence-electron chi connectivity index (χ2n) is 3.74. The van der Waals surface area contributed by atoms with Crippen LogP contribution >= 0.6 is 0 Å². The van der Waals surface area contributed by atoms with Crippen molar-refractivity contribution in [2.45, 2.75) is 19.4 Å². The summed E-state index contributed by atoms with van der Waals surface area (Å²) in [5.74, 6) is -0.147. The lowest BCUT2D eigenvalue weighted by Crippen LogP contribution is -2.41. The smallest absolute Gasteiger partial charge is 0.228 e. The Bertz CT molecular complexity index is 204. The van der Waals surface area contributed by atoms with E-state index >= 15 is 0 Å². The van der Waals surface area contributed by atoms with E-state index in [4.69, 9.17) is 14.9 Å². The normalized spacial score (nSPS) is 25.5. The van der Waals surface area contributed by atoms with Crippen molar-refractivity contribution in [3.05, 3.63) is 0 Å². The summed E-state index contributed by atoms with van der Waals surface area (Å²) < 4.78 is 5.32. The fourth-order valence-electron chi connectivity index (χ4n) is 1.86. The zero-order valence-electron chi connectivity index (χ0n) is 9.06. The number of hydrogen-bond donors (Lipinski definition) is 2. The number of aliphatic hydroxyl groups excluding tert-OH is 2. The van der Waals surface area contributed by atoms with Crippen LogP contribution in [0.1, 0.15) is 13.3 Å². The minimum Gasteiger partial charge on any atom is -0.395 e. The molecule has 1 aliphatic rings. The summed E-state index contributed by atoms with van der Waals surface area (Å²) >= 11 is 0. The molecule has 1 rings (SSSR count). The molecule has 5 nitrogen and oxygen atoms in total. The van der Waals surface area contributed by atoms with Crippen LogP contribution in [-0.2, 0) is 9.53 Å². The molecule has 0 bridgehead atoms. The molecule has 0 saturated carbocycles. The Labute approximate surface area is 89.6 Å². The third kappa shape index (κ3) is 3.15. The van der Waals surface area contributed by atoms with Crippen LogP contribution in [0.25, 0.3) is 0 Å². The average Bonchev–Trinajstić information content (AvgIpc) is 2.63. The van der Waals surface area contributed by atoms with Gasteiger partial charge in [0.15, 0.2) is 0 Å². The zero-order valence-corrected chi connectivity index (χ0v) is 9.06. The van der Waals surface area contributed by atoms with Gasteiger partial charge in [-0.25, -0.2) is 0 Å². The quantitative estimate of drug-likeness (QED) is 0.634. The lowest BCUT2D eigenvalue weighted by molar-refractivity contribution is -0.138. The molecule has 1 aliphatic heterocycles. The first-order valence-electron chi connectivity index (χ1n) is 5.32. The predicted molar refractivity (Wildman–Crippen MR) is 54.3 cm³/mol. The van der Waals surface area contributed by atoms with Gasteiger partial charge in [-0.15, -0.1) is 0 Å². The maximum absolute atomic E-state index is 12.0. The van der Waals surface area contributed by atoms with Gasteiger partial charge in [0.05, 0.1) is 25.2 Å². The van der Waals surface area contributed by atoms with Crippen LogP contribution in [0.4, 0.5) is 0 Å². The van der Waals surface area contributed by atoms with E-state index in [0.29, 0.717) is 6.61 Å². The van der Waals surface area contributed by atoms with Crippen LogP contribution in [0.5, 0.6) is 0 Å². The molecule has 1 amide bonds. The van der Waals surface area contributed by atoms with Crippen LogP contribution in [0.15, 0.2) is 0 Å². The number of nitrogens with zero attached hydrogens (tertiary/aromatic N) is 1. The van der Waals surface area contributed by atoms with Gasteiger partial charge in [-0.3, -0.25) is 4.79 Å². The summed E-state index contributed by atoms with van der Waals surface area (Å²) in [6.07, 6.45) is 0.672. The third-order valence-electron chi connectivity index (χ3n) is 2.74. The molecular weight excluding hydrogens is 198 g/mol. The molecule has 15 heavy (non-hydrogen) atoms. The summed E-state index contributed by atoms with van der Waals surface area (Å²) in [6.45, 7) is 2.90. The van der Waals surface area contributed by atoms with Crippen molar-refractivity contribution in [1.29, 1.82) is 0 Å². The molecule has 0 aromatic heterocycles. The molecule has 0 aromatic carbocycles. The van der Waals surface area contributed by atoms with Crippen molar-refractivity contribution in [3.8, 4) is 0 Å². The highest BCUT2D eigenvalue weighted by atomic mass is 16.5. The summed E-state index contributed by atoms with van der Waals surface area (Å²) in [7, 11) is 0. The Morgan fingerprint density at radius 1 is 1.40 bits per heavy atom. The van der Waals surface area contributed by atoms with Gasteiger partial charge >= 0.3 is 0 Å². The SMILES string of the molecule is CC1OCCC1C(=O)N(CCO)CCO. The first kappa shape index (κ1) is 12.4. The summed E-state index contributed by atoms with van der Waals surface area (Å²) in [6, 6.07) is 0.